The van der Waals surface area contributed by atoms with Crippen LogP contribution in [-0.4, -0.2) is 17.7 Å². The van der Waals surface area contributed by atoms with Gasteiger partial charge >= 0.3 is 0 Å². The lowest BCUT2D eigenvalue weighted by molar-refractivity contribution is 0.0950. The second kappa shape index (κ2) is 12.1. The predicted octanol–water partition coefficient (Wildman–Crippen LogP) is 4.48. The van der Waals surface area contributed by atoms with Crippen LogP contribution in [0, 0.1) is 0 Å². The summed E-state index contributed by atoms with van der Waals surface area (Å²) in [6, 6.07) is 33.1. The van der Waals surface area contributed by atoms with Crippen LogP contribution < -0.4 is 16.0 Å². The van der Waals surface area contributed by atoms with Crippen molar-refractivity contribution in [3.63, 3.8) is 0 Å². The van der Waals surface area contributed by atoms with Gasteiger partial charge in [-0.3, -0.25) is 14.4 Å². The number of hydrogen-bond donors (Lipinski definition) is 3. The molecule has 6 nitrogen and oxygen atoms in total. The molecule has 180 valence electrons. The highest BCUT2D eigenvalue weighted by Gasteiger charge is 2.16. The largest absolute Gasteiger partial charge is 0.348 e. The predicted molar refractivity (Wildman–Crippen MR) is 139 cm³/mol. The summed E-state index contributed by atoms with van der Waals surface area (Å²) in [7, 11) is 0. The van der Waals surface area contributed by atoms with E-state index in [0.717, 1.165) is 16.7 Å². The topological polar surface area (TPSA) is 87.3 Å². The molecule has 36 heavy (non-hydrogen) atoms. The van der Waals surface area contributed by atoms with E-state index in [1.54, 1.807) is 0 Å². The lowest BCUT2D eigenvalue weighted by atomic mass is 10.0. The van der Waals surface area contributed by atoms with Crippen LogP contribution >= 0.6 is 0 Å². The van der Waals surface area contributed by atoms with Gasteiger partial charge in [-0.2, -0.15) is 0 Å². The van der Waals surface area contributed by atoms with Crippen molar-refractivity contribution >= 4 is 17.7 Å². The summed E-state index contributed by atoms with van der Waals surface area (Å²) in [5, 5.41) is 8.58. The fraction of sp³-hybridized carbons (Fsp3) is 0.100. The number of benzene rings is 4. The van der Waals surface area contributed by atoms with E-state index in [2.05, 4.69) is 16.0 Å². The molecule has 0 unspecified atom stereocenters. The maximum absolute atomic E-state index is 13.0. The summed E-state index contributed by atoms with van der Waals surface area (Å²) in [6.45, 7) is 0.999. The minimum absolute atomic E-state index is 0.239. The van der Waals surface area contributed by atoms with Crippen LogP contribution in [0.25, 0.3) is 0 Å². The van der Waals surface area contributed by atoms with Gasteiger partial charge in [0.05, 0.1) is 0 Å². The molecule has 3 amide bonds. The summed E-state index contributed by atoms with van der Waals surface area (Å²) >= 11 is 0. The van der Waals surface area contributed by atoms with Gasteiger partial charge in [0.2, 0.25) is 0 Å². The van der Waals surface area contributed by atoms with Gasteiger partial charge in [-0.15, -0.1) is 0 Å². The molecule has 6 heteroatoms. The first-order valence-corrected chi connectivity index (χ1v) is 11.7. The number of hydrogen-bond acceptors (Lipinski definition) is 3. The highest BCUT2D eigenvalue weighted by atomic mass is 16.2. The first-order valence-electron chi connectivity index (χ1n) is 11.7. The van der Waals surface area contributed by atoms with Gasteiger partial charge in [0.25, 0.3) is 17.7 Å². The zero-order valence-corrected chi connectivity index (χ0v) is 19.7. The molecule has 0 fully saturated rings. The molecular weight excluding hydrogens is 450 g/mol. The molecule has 3 N–H and O–H groups in total. The van der Waals surface area contributed by atoms with Crippen LogP contribution in [0.3, 0.4) is 0 Å². The van der Waals surface area contributed by atoms with E-state index >= 15 is 0 Å². The highest BCUT2D eigenvalue weighted by Crippen LogP contribution is 2.13. The molecule has 0 aromatic heterocycles. The fourth-order valence-corrected chi connectivity index (χ4v) is 3.66. The van der Waals surface area contributed by atoms with Gasteiger partial charge in [-0.1, -0.05) is 91.0 Å². The Morgan fingerprint density at radius 3 is 0.917 bits per heavy atom. The van der Waals surface area contributed by atoms with Gasteiger partial charge < -0.3 is 16.0 Å². The average molecular weight is 478 g/mol. The van der Waals surface area contributed by atoms with E-state index in [9.17, 15) is 14.4 Å². The summed E-state index contributed by atoms with van der Waals surface area (Å²) < 4.78 is 0. The van der Waals surface area contributed by atoms with E-state index in [-0.39, 0.29) is 34.4 Å². The Morgan fingerprint density at radius 1 is 0.417 bits per heavy atom. The molecule has 0 radical (unpaired) electrons. The Bertz CT molecular complexity index is 1150. The van der Waals surface area contributed by atoms with Gasteiger partial charge in [0, 0.05) is 36.3 Å². The van der Waals surface area contributed by atoms with Crippen LogP contribution in [0.2, 0.25) is 0 Å². The second-order valence-electron chi connectivity index (χ2n) is 8.30. The first kappa shape index (κ1) is 24.4. The molecule has 0 aliphatic carbocycles. The van der Waals surface area contributed by atoms with Crippen LogP contribution in [0.15, 0.2) is 109 Å². The Kier molecular flexibility index (Phi) is 8.22. The van der Waals surface area contributed by atoms with Crippen molar-refractivity contribution in [2.45, 2.75) is 19.6 Å². The number of carbonyl (C=O) groups is 3. The molecule has 0 atom stereocenters. The van der Waals surface area contributed by atoms with E-state index in [4.69, 9.17) is 0 Å². The molecule has 0 aliphatic heterocycles. The molecule has 0 heterocycles. The minimum Gasteiger partial charge on any atom is -0.348 e. The Labute approximate surface area is 210 Å². The van der Waals surface area contributed by atoms with Crippen LogP contribution in [0.4, 0.5) is 0 Å². The monoisotopic (exact) mass is 477 g/mol. The van der Waals surface area contributed by atoms with Crippen molar-refractivity contribution < 1.29 is 14.4 Å². The van der Waals surface area contributed by atoms with Crippen LogP contribution in [0.5, 0.6) is 0 Å². The third kappa shape index (κ3) is 6.90. The number of carbonyl (C=O) groups excluding carboxylic acids is 3. The van der Waals surface area contributed by atoms with E-state index in [0.29, 0.717) is 19.6 Å². The Balaban J connectivity index is 1.52. The summed E-state index contributed by atoms with van der Waals surface area (Å²) in [6.07, 6.45) is 0. The van der Waals surface area contributed by atoms with E-state index < -0.39 is 0 Å². The highest BCUT2D eigenvalue weighted by molar-refractivity contribution is 6.04. The standard InChI is InChI=1S/C30H27N3O3/c34-28(31-19-22-10-4-1-5-11-22)25-16-26(29(35)32-20-23-12-6-2-7-13-23)18-27(17-25)30(36)33-21-24-14-8-3-9-15-24/h1-18H,19-21H2,(H,31,34)(H,32,35)(H,33,36). The van der Waals surface area contributed by atoms with Gasteiger partial charge in [0.1, 0.15) is 0 Å². The smallest absolute Gasteiger partial charge is 0.251 e. The van der Waals surface area contributed by atoms with Gasteiger partial charge in [-0.05, 0) is 34.9 Å². The number of amides is 3. The molecule has 0 saturated heterocycles. The SMILES string of the molecule is O=C(NCc1ccccc1)c1cc(C(=O)NCc2ccccc2)cc(C(=O)NCc2ccccc2)c1. The first-order chi connectivity index (χ1) is 17.6. The van der Waals surface area contributed by atoms with Crippen molar-refractivity contribution in [2.24, 2.45) is 0 Å². The number of nitrogens with one attached hydrogen (secondary N) is 3. The average Bonchev–Trinajstić information content (AvgIpc) is 2.94. The molecule has 4 aromatic carbocycles. The maximum Gasteiger partial charge on any atom is 0.251 e. The molecule has 4 aromatic rings. The lowest BCUT2D eigenvalue weighted by Gasteiger charge is -2.12. The molecular formula is C30H27N3O3. The zero-order chi connectivity index (χ0) is 25.2. The van der Waals surface area contributed by atoms with E-state index in [1.165, 1.54) is 18.2 Å². The number of rotatable bonds is 9. The molecule has 0 saturated carbocycles. The fourth-order valence-electron chi connectivity index (χ4n) is 3.66. The van der Waals surface area contributed by atoms with Gasteiger partial charge in [0.15, 0.2) is 0 Å². The third-order valence-corrected chi connectivity index (χ3v) is 5.61. The maximum atomic E-state index is 13.0. The van der Waals surface area contributed by atoms with Crippen molar-refractivity contribution in [1.29, 1.82) is 0 Å². The van der Waals surface area contributed by atoms with Gasteiger partial charge in [-0.25, -0.2) is 0 Å². The Morgan fingerprint density at radius 2 is 0.667 bits per heavy atom. The normalized spacial score (nSPS) is 10.3. The second-order valence-corrected chi connectivity index (χ2v) is 8.30. The minimum atomic E-state index is -0.367. The lowest BCUT2D eigenvalue weighted by Crippen LogP contribution is -2.28. The summed E-state index contributed by atoms with van der Waals surface area (Å²) in [5.74, 6) is -1.10. The molecule has 0 spiro atoms. The molecule has 0 aliphatic rings. The van der Waals surface area contributed by atoms with Crippen molar-refractivity contribution in [3.05, 3.63) is 143 Å². The van der Waals surface area contributed by atoms with Crippen LogP contribution in [0.1, 0.15) is 47.8 Å². The van der Waals surface area contributed by atoms with Crippen molar-refractivity contribution in [2.75, 3.05) is 0 Å². The quantitative estimate of drug-likeness (QED) is 0.332. The Hall–Kier alpha value is -4.71. The third-order valence-electron chi connectivity index (χ3n) is 5.61. The van der Waals surface area contributed by atoms with Crippen molar-refractivity contribution in [3.8, 4) is 0 Å². The molecule has 4 rings (SSSR count). The summed E-state index contributed by atoms with van der Waals surface area (Å²) in [5.41, 5.74) is 3.56. The van der Waals surface area contributed by atoms with Crippen molar-refractivity contribution in [1.82, 2.24) is 16.0 Å². The van der Waals surface area contributed by atoms with Crippen LogP contribution in [-0.2, 0) is 19.6 Å². The molecule has 0 bridgehead atoms. The summed E-state index contributed by atoms with van der Waals surface area (Å²) in [4.78, 5) is 38.9. The van der Waals surface area contributed by atoms with E-state index in [1.807, 2.05) is 91.0 Å². The zero-order valence-electron chi connectivity index (χ0n) is 19.7.